The molecule has 0 spiro atoms. The Morgan fingerprint density at radius 2 is 1.38 bits per heavy atom. The molecule has 0 amide bonds. The van der Waals surface area contributed by atoms with E-state index in [1.807, 2.05) is 32.1 Å². The number of rotatable bonds is 12. The van der Waals surface area contributed by atoms with E-state index in [1.54, 1.807) is 6.08 Å². The van der Waals surface area contributed by atoms with Crippen molar-refractivity contribution in [1.29, 1.82) is 0 Å². The number of carboxylic acids is 1. The normalized spacial score (nSPS) is 11.2. The van der Waals surface area contributed by atoms with Gasteiger partial charge in [0.25, 0.3) is 0 Å². The van der Waals surface area contributed by atoms with Crippen molar-refractivity contribution in [2.75, 3.05) is 26.8 Å². The van der Waals surface area contributed by atoms with Crippen molar-refractivity contribution < 1.29 is 33.6 Å². The zero-order valence-electron chi connectivity index (χ0n) is 15.2. The van der Waals surface area contributed by atoms with Crippen LogP contribution < -0.4 is 9.47 Å². The molecule has 1 N–H and O–H groups in total. The number of hydrogen-bond acceptors (Lipinski definition) is 6. The third-order valence-corrected chi connectivity index (χ3v) is 3.19. The maximum Gasteiger partial charge on any atom is 0.336 e. The summed E-state index contributed by atoms with van der Waals surface area (Å²) in [5.41, 5.74) is -0.133. The highest BCUT2D eigenvalue weighted by Crippen LogP contribution is 2.31. The van der Waals surface area contributed by atoms with E-state index in [-0.39, 0.29) is 36.2 Å². The lowest BCUT2D eigenvalue weighted by Gasteiger charge is -2.15. The van der Waals surface area contributed by atoms with Crippen molar-refractivity contribution in [3.05, 3.63) is 47.6 Å². The third kappa shape index (κ3) is 7.08. The molecule has 0 aromatic heterocycles. The molecule has 7 nitrogen and oxygen atoms in total. The zero-order chi connectivity index (χ0) is 19.4. The molecule has 1 aromatic carbocycles. The molecule has 0 radical (unpaired) electrons. The van der Waals surface area contributed by atoms with Gasteiger partial charge in [0.15, 0.2) is 30.9 Å². The molecule has 26 heavy (non-hydrogen) atoms. The fourth-order valence-electron chi connectivity index (χ4n) is 1.89. The third-order valence-electron chi connectivity index (χ3n) is 3.19. The second-order valence-corrected chi connectivity index (χ2v) is 5.11. The number of carbonyl (C=O) groups is 2. The summed E-state index contributed by atoms with van der Waals surface area (Å²) in [6.45, 7) is 5.57. The Hall–Kier alpha value is -2.64. The molecule has 7 heteroatoms. The predicted molar refractivity (Wildman–Crippen MR) is 95.9 cm³/mol. The summed E-state index contributed by atoms with van der Waals surface area (Å²) in [4.78, 5) is 23.2. The average Bonchev–Trinajstić information content (AvgIpc) is 2.61. The maximum absolute atomic E-state index is 11.7. The summed E-state index contributed by atoms with van der Waals surface area (Å²) in [7, 11) is 0. The van der Waals surface area contributed by atoms with Crippen LogP contribution in [0, 0.1) is 0 Å². The molecule has 0 aliphatic rings. The van der Waals surface area contributed by atoms with Crippen LogP contribution in [0.25, 0.3) is 0 Å². The minimum atomic E-state index is -1.23. The summed E-state index contributed by atoms with van der Waals surface area (Å²) in [5.74, 6) is -1.26. The lowest BCUT2D eigenvalue weighted by Crippen LogP contribution is -2.11. The molecule has 142 valence electrons. The lowest BCUT2D eigenvalue weighted by atomic mass is 10.0. The quantitative estimate of drug-likeness (QED) is 0.263. The van der Waals surface area contributed by atoms with Gasteiger partial charge in [0.1, 0.15) is 0 Å². The number of aromatic carboxylic acids is 1. The highest BCUT2D eigenvalue weighted by molar-refractivity contribution is 6.05. The van der Waals surface area contributed by atoms with E-state index in [4.69, 9.17) is 18.9 Å². The van der Waals surface area contributed by atoms with E-state index >= 15 is 0 Å². The molecule has 0 aliphatic carbocycles. The van der Waals surface area contributed by atoms with E-state index in [2.05, 4.69) is 0 Å². The fraction of sp³-hybridized carbons (Fsp3) is 0.368. The number of allylic oxidation sites excluding steroid dienone is 2. The van der Waals surface area contributed by atoms with E-state index in [0.717, 1.165) is 0 Å². The summed E-state index contributed by atoms with van der Waals surface area (Å²) in [6, 6.07) is 2.59. The lowest BCUT2D eigenvalue weighted by molar-refractivity contribution is 0.0134. The predicted octanol–water partition coefficient (Wildman–Crippen LogP) is 3.45. The largest absolute Gasteiger partial charge is 0.478 e. The summed E-state index contributed by atoms with van der Waals surface area (Å²) in [5, 5.41) is 9.32. The SMILES string of the molecule is CC=CCOCOc1cc(C(C)=O)c(C(=O)O)cc1OCOCC=CC. The maximum atomic E-state index is 11.7. The van der Waals surface area contributed by atoms with Gasteiger partial charge in [-0.05, 0) is 32.9 Å². The van der Waals surface area contributed by atoms with Crippen LogP contribution in [-0.4, -0.2) is 43.7 Å². The van der Waals surface area contributed by atoms with Crippen molar-refractivity contribution in [2.45, 2.75) is 20.8 Å². The number of ketones is 1. The Balaban J connectivity index is 2.97. The van der Waals surface area contributed by atoms with Crippen molar-refractivity contribution in [3.8, 4) is 11.5 Å². The second-order valence-electron chi connectivity index (χ2n) is 5.11. The number of benzene rings is 1. The van der Waals surface area contributed by atoms with Crippen LogP contribution in [0.5, 0.6) is 11.5 Å². The molecule has 0 saturated carbocycles. The van der Waals surface area contributed by atoms with Gasteiger partial charge in [0, 0.05) is 5.56 Å². The molecule has 1 rings (SSSR count). The Labute approximate surface area is 152 Å². The first-order chi connectivity index (χ1) is 12.5. The van der Waals surface area contributed by atoms with Gasteiger partial charge < -0.3 is 24.1 Å². The van der Waals surface area contributed by atoms with Crippen molar-refractivity contribution in [2.24, 2.45) is 0 Å². The van der Waals surface area contributed by atoms with Gasteiger partial charge >= 0.3 is 5.97 Å². The molecule has 0 unspecified atom stereocenters. The van der Waals surface area contributed by atoms with Gasteiger partial charge in [-0.25, -0.2) is 4.79 Å². The van der Waals surface area contributed by atoms with Crippen molar-refractivity contribution in [1.82, 2.24) is 0 Å². The monoisotopic (exact) mass is 364 g/mol. The first-order valence-corrected chi connectivity index (χ1v) is 8.06. The topological polar surface area (TPSA) is 91.3 Å². The van der Waals surface area contributed by atoms with E-state index in [1.165, 1.54) is 19.1 Å². The summed E-state index contributed by atoms with van der Waals surface area (Å²) < 4.78 is 21.5. The highest BCUT2D eigenvalue weighted by atomic mass is 16.7. The number of Topliss-reactive ketones (excluding diaryl/α,β-unsaturated/α-hetero) is 1. The van der Waals surface area contributed by atoms with E-state index in [0.29, 0.717) is 13.2 Å². The molecular weight excluding hydrogens is 340 g/mol. The molecule has 0 bridgehead atoms. The number of carboxylic acid groups (broad SMARTS) is 1. The number of hydrogen-bond donors (Lipinski definition) is 1. The van der Waals surface area contributed by atoms with Gasteiger partial charge in [0.05, 0.1) is 18.8 Å². The van der Waals surface area contributed by atoms with Gasteiger partial charge in [0.2, 0.25) is 0 Å². The number of ether oxygens (including phenoxy) is 4. The molecular formula is C19H24O7. The minimum Gasteiger partial charge on any atom is -0.478 e. The van der Waals surface area contributed by atoms with Crippen LogP contribution in [0.15, 0.2) is 36.4 Å². The van der Waals surface area contributed by atoms with Gasteiger partial charge in [-0.15, -0.1) is 0 Å². The molecule has 0 atom stereocenters. The molecule has 1 aromatic rings. The molecule has 0 aliphatic heterocycles. The van der Waals surface area contributed by atoms with E-state index < -0.39 is 11.8 Å². The smallest absolute Gasteiger partial charge is 0.336 e. The van der Waals surface area contributed by atoms with Crippen LogP contribution in [0.1, 0.15) is 41.5 Å². The van der Waals surface area contributed by atoms with E-state index in [9.17, 15) is 14.7 Å². The fourth-order valence-corrected chi connectivity index (χ4v) is 1.89. The Morgan fingerprint density at radius 1 is 0.923 bits per heavy atom. The minimum absolute atomic E-state index is 0.0307. The molecule has 0 saturated heterocycles. The standard InChI is InChI=1S/C19H24O7/c1-4-6-8-23-12-25-17-10-15(14(3)20)16(19(21)22)11-18(17)26-13-24-9-7-5-2/h4-7,10-11H,8-9,12-13H2,1-3H3,(H,21,22). The second kappa shape index (κ2) is 11.8. The summed E-state index contributed by atoms with van der Waals surface area (Å²) in [6.07, 6.45) is 7.29. The molecule has 0 fully saturated rings. The van der Waals surface area contributed by atoms with Crippen molar-refractivity contribution >= 4 is 11.8 Å². The van der Waals surface area contributed by atoms with Crippen LogP contribution in [0.4, 0.5) is 0 Å². The first-order valence-electron chi connectivity index (χ1n) is 8.06. The Bertz CT molecular complexity index is 605. The first kappa shape index (κ1) is 21.4. The van der Waals surface area contributed by atoms with Crippen LogP contribution in [0.2, 0.25) is 0 Å². The van der Waals surface area contributed by atoms with Gasteiger partial charge in [-0.2, -0.15) is 0 Å². The van der Waals surface area contributed by atoms with Crippen molar-refractivity contribution in [3.63, 3.8) is 0 Å². The van der Waals surface area contributed by atoms with Gasteiger partial charge in [-0.1, -0.05) is 24.3 Å². The zero-order valence-corrected chi connectivity index (χ0v) is 15.2. The average molecular weight is 364 g/mol. The molecule has 0 heterocycles. The number of carbonyl (C=O) groups excluding carboxylic acids is 1. The summed E-state index contributed by atoms with van der Waals surface area (Å²) >= 11 is 0. The van der Waals surface area contributed by atoms with Crippen LogP contribution >= 0.6 is 0 Å². The van der Waals surface area contributed by atoms with Gasteiger partial charge in [-0.3, -0.25) is 4.79 Å². The Morgan fingerprint density at radius 3 is 1.77 bits per heavy atom. The van der Waals surface area contributed by atoms with Crippen LogP contribution in [0.3, 0.4) is 0 Å². The Kier molecular flexibility index (Phi) is 9.74. The van der Waals surface area contributed by atoms with Crippen LogP contribution in [-0.2, 0) is 9.47 Å². The highest BCUT2D eigenvalue weighted by Gasteiger charge is 2.19.